The van der Waals surface area contributed by atoms with Gasteiger partial charge in [0.25, 0.3) is 5.91 Å². The van der Waals surface area contributed by atoms with E-state index in [0.717, 1.165) is 12.8 Å². The number of hydrogen-bond acceptors (Lipinski definition) is 4. The summed E-state index contributed by atoms with van der Waals surface area (Å²) in [6, 6.07) is 4.93. The fourth-order valence-corrected chi connectivity index (χ4v) is 1.83. The van der Waals surface area contributed by atoms with Crippen LogP contribution in [-0.2, 0) is 4.79 Å². The second kappa shape index (κ2) is 5.81. The van der Waals surface area contributed by atoms with Crippen molar-refractivity contribution in [2.45, 2.75) is 31.8 Å². The zero-order chi connectivity index (χ0) is 14.7. The third-order valence-corrected chi connectivity index (χ3v) is 3.23. The number of carbonyl (C=O) groups excluding carboxylic acids is 2. The molecule has 0 bridgehead atoms. The molecule has 2 rings (SSSR count). The highest BCUT2D eigenvalue weighted by Crippen LogP contribution is 2.22. The van der Waals surface area contributed by atoms with E-state index in [1.165, 1.54) is 0 Å². The Morgan fingerprint density at radius 3 is 2.60 bits per heavy atom. The molecule has 6 nitrogen and oxygen atoms in total. The van der Waals surface area contributed by atoms with Crippen LogP contribution in [0.2, 0.25) is 0 Å². The van der Waals surface area contributed by atoms with Crippen LogP contribution in [0.4, 0.5) is 11.4 Å². The van der Waals surface area contributed by atoms with Crippen molar-refractivity contribution in [3.05, 3.63) is 23.8 Å². The predicted octanol–water partition coefficient (Wildman–Crippen LogP) is 0.707. The lowest BCUT2D eigenvalue weighted by atomic mass is 10.1. The Morgan fingerprint density at radius 1 is 1.35 bits per heavy atom. The van der Waals surface area contributed by atoms with Crippen LogP contribution in [0.1, 0.15) is 30.1 Å². The van der Waals surface area contributed by atoms with E-state index in [0.29, 0.717) is 23.0 Å². The molecule has 0 aliphatic heterocycles. The minimum absolute atomic E-state index is 0.0396. The molecule has 1 aliphatic rings. The summed E-state index contributed by atoms with van der Waals surface area (Å²) in [6.07, 6.45) is 2.11. The van der Waals surface area contributed by atoms with Gasteiger partial charge in [0, 0.05) is 18.7 Å². The van der Waals surface area contributed by atoms with Crippen molar-refractivity contribution in [1.29, 1.82) is 0 Å². The van der Waals surface area contributed by atoms with Crippen molar-refractivity contribution in [3.63, 3.8) is 0 Å². The summed E-state index contributed by atoms with van der Waals surface area (Å²) < 4.78 is 0. The van der Waals surface area contributed by atoms with E-state index in [9.17, 15) is 9.59 Å². The Kier molecular flexibility index (Phi) is 4.12. The lowest BCUT2D eigenvalue weighted by molar-refractivity contribution is -0.121. The number of carbonyl (C=O) groups is 2. The minimum Gasteiger partial charge on any atom is -0.397 e. The molecule has 0 aromatic heterocycles. The van der Waals surface area contributed by atoms with E-state index in [1.54, 1.807) is 32.2 Å². The first-order valence-electron chi connectivity index (χ1n) is 6.69. The molecule has 108 valence electrons. The maximum Gasteiger partial charge on any atom is 0.251 e. The fraction of sp³-hybridized carbons (Fsp3) is 0.429. The number of anilines is 2. The standard InChI is InChI=1S/C14H20N4O2/c1-8(13(19)18-10-4-5-10)17-12-6-3-9(7-11(12)15)14(20)16-2/h3,6-8,10,17H,4-5,15H2,1-2H3,(H,16,20)(H,18,19). The van der Waals surface area contributed by atoms with E-state index in [1.807, 2.05) is 0 Å². The molecule has 2 amide bonds. The molecule has 0 spiro atoms. The fourth-order valence-electron chi connectivity index (χ4n) is 1.83. The van der Waals surface area contributed by atoms with Gasteiger partial charge in [0.15, 0.2) is 0 Å². The lowest BCUT2D eigenvalue weighted by Gasteiger charge is -2.17. The van der Waals surface area contributed by atoms with Crippen LogP contribution in [0.5, 0.6) is 0 Å². The van der Waals surface area contributed by atoms with Gasteiger partial charge in [-0.3, -0.25) is 9.59 Å². The second-order valence-corrected chi connectivity index (χ2v) is 5.03. The zero-order valence-corrected chi connectivity index (χ0v) is 11.7. The van der Waals surface area contributed by atoms with Gasteiger partial charge in [-0.25, -0.2) is 0 Å². The van der Waals surface area contributed by atoms with Crippen molar-refractivity contribution in [1.82, 2.24) is 10.6 Å². The van der Waals surface area contributed by atoms with Crippen LogP contribution in [0.25, 0.3) is 0 Å². The van der Waals surface area contributed by atoms with Crippen LogP contribution in [-0.4, -0.2) is 30.9 Å². The van der Waals surface area contributed by atoms with Crippen LogP contribution in [0.3, 0.4) is 0 Å². The topological polar surface area (TPSA) is 96.2 Å². The molecule has 5 N–H and O–H groups in total. The summed E-state index contributed by atoms with van der Waals surface area (Å²) in [5.41, 5.74) is 7.48. The monoisotopic (exact) mass is 276 g/mol. The van der Waals surface area contributed by atoms with Gasteiger partial charge < -0.3 is 21.7 Å². The molecule has 1 aromatic rings. The quantitative estimate of drug-likeness (QED) is 0.595. The molecule has 1 unspecified atom stereocenters. The van der Waals surface area contributed by atoms with Gasteiger partial charge in [-0.05, 0) is 38.0 Å². The second-order valence-electron chi connectivity index (χ2n) is 5.03. The smallest absolute Gasteiger partial charge is 0.251 e. The summed E-state index contributed by atoms with van der Waals surface area (Å²) in [6.45, 7) is 1.78. The van der Waals surface area contributed by atoms with Gasteiger partial charge in [0.2, 0.25) is 5.91 Å². The first kappa shape index (κ1) is 14.2. The molecule has 0 radical (unpaired) electrons. The van der Waals surface area contributed by atoms with Crippen LogP contribution >= 0.6 is 0 Å². The number of hydrogen-bond donors (Lipinski definition) is 4. The first-order chi connectivity index (χ1) is 9.51. The molecular formula is C14H20N4O2. The molecule has 1 atom stereocenters. The Morgan fingerprint density at radius 2 is 2.05 bits per heavy atom. The molecule has 6 heteroatoms. The highest BCUT2D eigenvalue weighted by molar-refractivity contribution is 5.96. The SMILES string of the molecule is CNC(=O)c1ccc(NC(C)C(=O)NC2CC2)c(N)c1. The Labute approximate surface area is 118 Å². The molecule has 0 heterocycles. The van der Waals surface area contributed by atoms with Gasteiger partial charge in [-0.15, -0.1) is 0 Å². The average molecular weight is 276 g/mol. The van der Waals surface area contributed by atoms with Crippen LogP contribution in [0.15, 0.2) is 18.2 Å². The van der Waals surface area contributed by atoms with E-state index in [4.69, 9.17) is 5.73 Å². The molecule has 20 heavy (non-hydrogen) atoms. The number of benzene rings is 1. The van der Waals surface area contributed by atoms with Gasteiger partial charge in [0.05, 0.1) is 11.4 Å². The number of nitrogens with two attached hydrogens (primary N) is 1. The Bertz CT molecular complexity index is 526. The molecule has 0 saturated heterocycles. The van der Waals surface area contributed by atoms with Gasteiger partial charge in [-0.2, -0.15) is 0 Å². The van der Waals surface area contributed by atoms with E-state index < -0.39 is 0 Å². The summed E-state index contributed by atoms with van der Waals surface area (Å²) in [5.74, 6) is -0.231. The maximum atomic E-state index is 11.9. The number of nitrogens with one attached hydrogen (secondary N) is 3. The Balaban J connectivity index is 2.01. The highest BCUT2D eigenvalue weighted by Gasteiger charge is 2.25. The van der Waals surface area contributed by atoms with Crippen molar-refractivity contribution in [2.24, 2.45) is 0 Å². The normalized spacial score (nSPS) is 15.3. The maximum absolute atomic E-state index is 11.9. The molecular weight excluding hydrogens is 256 g/mol. The number of amides is 2. The first-order valence-corrected chi connectivity index (χ1v) is 6.69. The van der Waals surface area contributed by atoms with Crippen molar-refractivity contribution in [2.75, 3.05) is 18.1 Å². The molecule has 1 aromatic carbocycles. The van der Waals surface area contributed by atoms with Crippen molar-refractivity contribution < 1.29 is 9.59 Å². The molecule has 1 saturated carbocycles. The summed E-state index contributed by atoms with van der Waals surface area (Å²) in [7, 11) is 1.56. The van der Waals surface area contributed by atoms with Gasteiger partial charge in [-0.1, -0.05) is 0 Å². The van der Waals surface area contributed by atoms with E-state index >= 15 is 0 Å². The minimum atomic E-state index is -0.372. The summed E-state index contributed by atoms with van der Waals surface area (Å²) >= 11 is 0. The van der Waals surface area contributed by atoms with Crippen molar-refractivity contribution in [3.8, 4) is 0 Å². The van der Waals surface area contributed by atoms with Crippen LogP contribution in [0, 0.1) is 0 Å². The highest BCUT2D eigenvalue weighted by atomic mass is 16.2. The third kappa shape index (κ3) is 3.40. The summed E-state index contributed by atoms with van der Waals surface area (Å²) in [5, 5.41) is 8.52. The van der Waals surface area contributed by atoms with Gasteiger partial charge >= 0.3 is 0 Å². The van der Waals surface area contributed by atoms with Crippen LogP contribution < -0.4 is 21.7 Å². The van der Waals surface area contributed by atoms with E-state index in [-0.39, 0.29) is 17.9 Å². The number of nitrogen functional groups attached to an aromatic ring is 1. The van der Waals surface area contributed by atoms with Gasteiger partial charge in [0.1, 0.15) is 6.04 Å². The Hall–Kier alpha value is -2.24. The molecule has 1 aliphatic carbocycles. The lowest BCUT2D eigenvalue weighted by Crippen LogP contribution is -2.38. The largest absolute Gasteiger partial charge is 0.397 e. The summed E-state index contributed by atoms with van der Waals surface area (Å²) in [4.78, 5) is 23.3. The predicted molar refractivity (Wildman–Crippen MR) is 78.5 cm³/mol. The van der Waals surface area contributed by atoms with E-state index in [2.05, 4.69) is 16.0 Å². The zero-order valence-electron chi connectivity index (χ0n) is 11.7. The third-order valence-electron chi connectivity index (χ3n) is 3.23. The average Bonchev–Trinajstić information content (AvgIpc) is 3.23. The number of rotatable bonds is 5. The molecule has 1 fully saturated rings. The van der Waals surface area contributed by atoms with Crippen molar-refractivity contribution >= 4 is 23.2 Å².